The number of nitrogens with two attached hydrogens (primary N) is 1. The molecule has 106 valence electrons. The average Bonchev–Trinajstić information content (AvgIpc) is 2.44. The van der Waals surface area contributed by atoms with E-state index in [-0.39, 0.29) is 17.9 Å². The van der Waals surface area contributed by atoms with Gasteiger partial charge in [-0.1, -0.05) is 11.6 Å². The normalized spacial score (nSPS) is 10.7. The van der Waals surface area contributed by atoms with Crippen LogP contribution in [0.5, 0.6) is 0 Å². The quantitative estimate of drug-likeness (QED) is 0.845. The zero-order valence-corrected chi connectivity index (χ0v) is 11.6. The van der Waals surface area contributed by atoms with E-state index >= 15 is 0 Å². The van der Waals surface area contributed by atoms with Crippen molar-refractivity contribution in [3.8, 4) is 0 Å². The summed E-state index contributed by atoms with van der Waals surface area (Å²) in [7, 11) is 0. The van der Waals surface area contributed by atoms with Gasteiger partial charge >= 0.3 is 0 Å². The minimum absolute atomic E-state index is 0.0898. The fraction of sp³-hybridized carbons (Fsp3) is 0.333. The van der Waals surface area contributed by atoms with Gasteiger partial charge in [-0.3, -0.25) is 9.59 Å². The van der Waals surface area contributed by atoms with Crippen molar-refractivity contribution in [2.75, 3.05) is 13.1 Å². The van der Waals surface area contributed by atoms with Gasteiger partial charge in [-0.2, -0.15) is 0 Å². The Kier molecular flexibility index (Phi) is 4.53. The Bertz CT molecular complexity index is 676. The molecule has 1 aromatic heterocycles. The predicted molar refractivity (Wildman–Crippen MR) is 79.6 cm³/mol. The van der Waals surface area contributed by atoms with Gasteiger partial charge in [0, 0.05) is 32.1 Å². The Morgan fingerprint density at radius 3 is 2.85 bits per heavy atom. The maximum absolute atomic E-state index is 12.0. The van der Waals surface area contributed by atoms with Crippen LogP contribution in [0.3, 0.4) is 0 Å². The molecule has 0 radical (unpaired) electrons. The highest BCUT2D eigenvalue weighted by molar-refractivity contribution is 5.80. The van der Waals surface area contributed by atoms with Crippen LogP contribution in [0.2, 0.25) is 0 Å². The third-order valence-electron chi connectivity index (χ3n) is 3.17. The summed E-state index contributed by atoms with van der Waals surface area (Å²) in [5, 5.41) is 3.71. The third kappa shape index (κ3) is 3.24. The largest absolute Gasteiger partial charge is 0.355 e. The molecule has 0 saturated carbocycles. The first-order chi connectivity index (χ1) is 9.61. The highest BCUT2D eigenvalue weighted by Crippen LogP contribution is 2.14. The van der Waals surface area contributed by atoms with E-state index in [0.29, 0.717) is 19.6 Å². The van der Waals surface area contributed by atoms with Gasteiger partial charge in [0.2, 0.25) is 5.91 Å². The number of benzene rings is 1. The summed E-state index contributed by atoms with van der Waals surface area (Å²) in [6.45, 7) is 3.26. The molecule has 0 aliphatic heterocycles. The Morgan fingerprint density at radius 2 is 2.10 bits per heavy atom. The number of carbonyl (C=O) groups excluding carboxylic acids is 1. The zero-order valence-electron chi connectivity index (χ0n) is 11.6. The number of nitrogens with zero attached hydrogens (tertiary/aromatic N) is 1. The zero-order chi connectivity index (χ0) is 14.5. The second-order valence-corrected chi connectivity index (χ2v) is 4.77. The number of pyridine rings is 1. The number of fused-ring (bicyclic) bond motifs is 1. The molecular weight excluding hydrogens is 254 g/mol. The van der Waals surface area contributed by atoms with E-state index in [4.69, 9.17) is 5.73 Å². The lowest BCUT2D eigenvalue weighted by Gasteiger charge is -2.10. The van der Waals surface area contributed by atoms with Crippen molar-refractivity contribution in [2.24, 2.45) is 5.73 Å². The van der Waals surface area contributed by atoms with Crippen molar-refractivity contribution in [3.05, 3.63) is 46.2 Å². The van der Waals surface area contributed by atoms with Crippen LogP contribution in [-0.4, -0.2) is 23.6 Å². The topological polar surface area (TPSA) is 77.1 Å². The van der Waals surface area contributed by atoms with Crippen LogP contribution in [-0.2, 0) is 11.3 Å². The van der Waals surface area contributed by atoms with Gasteiger partial charge in [0.15, 0.2) is 0 Å². The highest BCUT2D eigenvalue weighted by atomic mass is 16.1. The summed E-state index contributed by atoms with van der Waals surface area (Å²) < 4.78 is 1.64. The molecule has 0 fully saturated rings. The van der Waals surface area contributed by atoms with Gasteiger partial charge in [-0.15, -0.1) is 0 Å². The number of aromatic nitrogens is 1. The van der Waals surface area contributed by atoms with Crippen molar-refractivity contribution in [1.29, 1.82) is 0 Å². The first-order valence-electron chi connectivity index (χ1n) is 6.69. The molecule has 20 heavy (non-hydrogen) atoms. The summed E-state index contributed by atoms with van der Waals surface area (Å²) in [6, 6.07) is 9.27. The van der Waals surface area contributed by atoms with Crippen LogP contribution in [0.25, 0.3) is 10.9 Å². The molecule has 0 aliphatic rings. The van der Waals surface area contributed by atoms with Crippen molar-refractivity contribution in [2.45, 2.75) is 19.9 Å². The standard InChI is InChI=1S/C15H19N3O2/c1-11-2-4-13-12(10-11)3-5-15(20)18(13)9-6-14(19)17-8-7-16/h2-5,10H,6-9,16H2,1H3,(H,17,19). The fourth-order valence-corrected chi connectivity index (χ4v) is 2.17. The smallest absolute Gasteiger partial charge is 0.251 e. The summed E-state index contributed by atoms with van der Waals surface area (Å²) in [4.78, 5) is 23.6. The molecule has 1 aromatic carbocycles. The molecule has 0 saturated heterocycles. The number of carbonyl (C=O) groups is 1. The van der Waals surface area contributed by atoms with Gasteiger partial charge in [0.05, 0.1) is 5.52 Å². The second kappa shape index (κ2) is 6.34. The van der Waals surface area contributed by atoms with Crippen molar-refractivity contribution < 1.29 is 4.79 Å². The van der Waals surface area contributed by atoms with Crippen LogP contribution >= 0.6 is 0 Å². The van der Waals surface area contributed by atoms with Crippen LogP contribution in [0, 0.1) is 6.92 Å². The molecule has 2 aromatic rings. The Labute approximate surface area is 117 Å². The minimum atomic E-state index is -0.0912. The molecule has 3 N–H and O–H groups in total. The molecular formula is C15H19N3O2. The van der Waals surface area contributed by atoms with E-state index < -0.39 is 0 Å². The van der Waals surface area contributed by atoms with Gasteiger partial charge in [0.25, 0.3) is 5.56 Å². The highest BCUT2D eigenvalue weighted by Gasteiger charge is 2.06. The molecule has 0 aliphatic carbocycles. The van der Waals surface area contributed by atoms with E-state index in [9.17, 15) is 9.59 Å². The van der Waals surface area contributed by atoms with E-state index in [1.165, 1.54) is 0 Å². The molecule has 5 nitrogen and oxygen atoms in total. The lowest BCUT2D eigenvalue weighted by Crippen LogP contribution is -2.31. The average molecular weight is 273 g/mol. The van der Waals surface area contributed by atoms with Crippen LogP contribution < -0.4 is 16.6 Å². The summed E-state index contributed by atoms with van der Waals surface area (Å²) in [5.41, 5.74) is 7.24. The molecule has 5 heteroatoms. The molecule has 1 heterocycles. The minimum Gasteiger partial charge on any atom is -0.355 e. The number of nitrogens with one attached hydrogen (secondary N) is 1. The number of hydrogen-bond acceptors (Lipinski definition) is 3. The summed E-state index contributed by atoms with van der Waals surface area (Å²) >= 11 is 0. The maximum atomic E-state index is 12.0. The molecule has 0 spiro atoms. The Hall–Kier alpha value is -2.14. The SMILES string of the molecule is Cc1ccc2c(ccc(=O)n2CCC(=O)NCCN)c1. The van der Waals surface area contributed by atoms with Gasteiger partial charge in [0.1, 0.15) is 0 Å². The monoisotopic (exact) mass is 273 g/mol. The number of rotatable bonds is 5. The summed E-state index contributed by atoms with van der Waals surface area (Å²) in [6.07, 6.45) is 0.271. The molecule has 2 rings (SSSR count). The van der Waals surface area contributed by atoms with Crippen LogP contribution in [0.15, 0.2) is 35.1 Å². The lowest BCUT2D eigenvalue weighted by molar-refractivity contribution is -0.121. The lowest BCUT2D eigenvalue weighted by atomic mass is 10.1. The van der Waals surface area contributed by atoms with Crippen LogP contribution in [0.4, 0.5) is 0 Å². The van der Waals surface area contributed by atoms with Gasteiger partial charge < -0.3 is 15.6 Å². The van der Waals surface area contributed by atoms with E-state index in [1.807, 2.05) is 31.2 Å². The first-order valence-corrected chi connectivity index (χ1v) is 6.69. The fourth-order valence-electron chi connectivity index (χ4n) is 2.17. The second-order valence-electron chi connectivity index (χ2n) is 4.77. The number of aryl methyl sites for hydroxylation is 2. The maximum Gasteiger partial charge on any atom is 0.251 e. The van der Waals surface area contributed by atoms with Gasteiger partial charge in [-0.25, -0.2) is 0 Å². The predicted octanol–water partition coefficient (Wildman–Crippen LogP) is 0.775. The molecule has 0 unspecified atom stereocenters. The van der Waals surface area contributed by atoms with Crippen molar-refractivity contribution >= 4 is 16.8 Å². The Balaban J connectivity index is 2.23. The summed E-state index contributed by atoms with van der Waals surface area (Å²) in [5.74, 6) is -0.0912. The third-order valence-corrected chi connectivity index (χ3v) is 3.17. The van der Waals surface area contributed by atoms with E-state index in [1.54, 1.807) is 10.6 Å². The molecule has 1 amide bonds. The van der Waals surface area contributed by atoms with E-state index in [2.05, 4.69) is 5.32 Å². The number of hydrogen-bond donors (Lipinski definition) is 2. The van der Waals surface area contributed by atoms with Crippen molar-refractivity contribution in [1.82, 2.24) is 9.88 Å². The number of amides is 1. The Morgan fingerprint density at radius 1 is 1.30 bits per heavy atom. The van der Waals surface area contributed by atoms with Crippen molar-refractivity contribution in [3.63, 3.8) is 0 Å². The van der Waals surface area contributed by atoms with E-state index in [0.717, 1.165) is 16.5 Å². The molecule has 0 atom stereocenters. The van der Waals surface area contributed by atoms with Crippen LogP contribution in [0.1, 0.15) is 12.0 Å². The van der Waals surface area contributed by atoms with Gasteiger partial charge in [-0.05, 0) is 30.5 Å². The molecule has 0 bridgehead atoms. The first kappa shape index (κ1) is 14.3.